The Morgan fingerprint density at radius 3 is 2.76 bits per heavy atom. The molecule has 1 amide bonds. The van der Waals surface area contributed by atoms with Gasteiger partial charge in [-0.15, -0.1) is 0 Å². The Bertz CT molecular complexity index is 264. The highest BCUT2D eigenvalue weighted by molar-refractivity contribution is 5.82. The SMILES string of the molecule is C[C@@H]1C[C@@H](NC(=O)C2CCCCN2)CC[C@H]1O. The third kappa shape index (κ3) is 3.42. The van der Waals surface area contributed by atoms with Gasteiger partial charge >= 0.3 is 0 Å². The monoisotopic (exact) mass is 240 g/mol. The Labute approximate surface area is 103 Å². The molecular weight excluding hydrogens is 216 g/mol. The molecule has 0 aromatic rings. The second kappa shape index (κ2) is 5.83. The predicted octanol–water partition coefficient (Wildman–Crippen LogP) is 0.794. The van der Waals surface area contributed by atoms with Crippen LogP contribution in [0.1, 0.15) is 45.4 Å². The summed E-state index contributed by atoms with van der Waals surface area (Å²) >= 11 is 0. The lowest BCUT2D eigenvalue weighted by molar-refractivity contribution is -0.125. The van der Waals surface area contributed by atoms with Gasteiger partial charge in [0.15, 0.2) is 0 Å². The van der Waals surface area contributed by atoms with E-state index in [-0.39, 0.29) is 24.1 Å². The van der Waals surface area contributed by atoms with Crippen molar-refractivity contribution in [2.45, 2.75) is 63.6 Å². The summed E-state index contributed by atoms with van der Waals surface area (Å²) < 4.78 is 0. The molecule has 2 fully saturated rings. The van der Waals surface area contributed by atoms with Gasteiger partial charge in [-0.1, -0.05) is 13.3 Å². The van der Waals surface area contributed by atoms with Gasteiger partial charge in [0, 0.05) is 6.04 Å². The van der Waals surface area contributed by atoms with Crippen LogP contribution in [0.25, 0.3) is 0 Å². The molecule has 1 aliphatic heterocycles. The summed E-state index contributed by atoms with van der Waals surface area (Å²) in [6, 6.07) is 0.260. The molecule has 0 aromatic carbocycles. The van der Waals surface area contributed by atoms with Gasteiger partial charge in [0.05, 0.1) is 12.1 Å². The number of aliphatic hydroxyl groups is 1. The van der Waals surface area contributed by atoms with Crippen molar-refractivity contribution in [2.24, 2.45) is 5.92 Å². The molecule has 1 saturated heterocycles. The zero-order chi connectivity index (χ0) is 12.3. The van der Waals surface area contributed by atoms with E-state index in [1.807, 2.05) is 0 Å². The second-order valence-electron chi connectivity index (χ2n) is 5.57. The molecule has 1 aliphatic carbocycles. The van der Waals surface area contributed by atoms with Crippen LogP contribution in [0.2, 0.25) is 0 Å². The molecule has 1 heterocycles. The fourth-order valence-electron chi connectivity index (χ4n) is 2.89. The highest BCUT2D eigenvalue weighted by Gasteiger charge is 2.29. The molecule has 4 nitrogen and oxygen atoms in total. The number of rotatable bonds is 2. The summed E-state index contributed by atoms with van der Waals surface area (Å²) in [5.41, 5.74) is 0. The Balaban J connectivity index is 1.78. The van der Waals surface area contributed by atoms with Crippen molar-refractivity contribution in [3.63, 3.8) is 0 Å². The molecule has 1 unspecified atom stereocenters. The Morgan fingerprint density at radius 2 is 2.12 bits per heavy atom. The number of carbonyl (C=O) groups is 1. The smallest absolute Gasteiger partial charge is 0.237 e. The predicted molar refractivity (Wildman–Crippen MR) is 66.6 cm³/mol. The molecule has 98 valence electrons. The lowest BCUT2D eigenvalue weighted by atomic mass is 9.84. The summed E-state index contributed by atoms with van der Waals surface area (Å²) in [6.07, 6.45) is 5.71. The summed E-state index contributed by atoms with van der Waals surface area (Å²) in [5.74, 6) is 0.451. The van der Waals surface area contributed by atoms with Gasteiger partial charge < -0.3 is 15.7 Å². The van der Waals surface area contributed by atoms with Crippen LogP contribution >= 0.6 is 0 Å². The van der Waals surface area contributed by atoms with Crippen molar-refractivity contribution in [2.75, 3.05) is 6.54 Å². The van der Waals surface area contributed by atoms with Gasteiger partial charge in [0.1, 0.15) is 0 Å². The highest BCUT2D eigenvalue weighted by Crippen LogP contribution is 2.24. The summed E-state index contributed by atoms with van der Waals surface area (Å²) in [4.78, 5) is 12.0. The molecule has 0 radical (unpaired) electrons. The van der Waals surface area contributed by atoms with Crippen LogP contribution in [0.5, 0.6) is 0 Å². The van der Waals surface area contributed by atoms with Crippen LogP contribution in [-0.4, -0.2) is 35.7 Å². The zero-order valence-corrected chi connectivity index (χ0v) is 10.6. The van der Waals surface area contributed by atoms with Crippen molar-refractivity contribution in [1.29, 1.82) is 0 Å². The molecule has 1 saturated carbocycles. The maximum atomic E-state index is 12.0. The van der Waals surface area contributed by atoms with E-state index in [9.17, 15) is 9.90 Å². The maximum Gasteiger partial charge on any atom is 0.237 e. The van der Waals surface area contributed by atoms with E-state index in [2.05, 4.69) is 17.6 Å². The minimum atomic E-state index is -0.184. The molecule has 0 bridgehead atoms. The van der Waals surface area contributed by atoms with Crippen LogP contribution < -0.4 is 10.6 Å². The van der Waals surface area contributed by atoms with Gasteiger partial charge in [-0.25, -0.2) is 0 Å². The van der Waals surface area contributed by atoms with E-state index in [1.54, 1.807) is 0 Å². The number of carbonyl (C=O) groups excluding carboxylic acids is 1. The fraction of sp³-hybridized carbons (Fsp3) is 0.923. The van der Waals surface area contributed by atoms with E-state index >= 15 is 0 Å². The quantitative estimate of drug-likeness (QED) is 0.669. The van der Waals surface area contributed by atoms with Crippen LogP contribution in [0, 0.1) is 5.92 Å². The molecular formula is C13H24N2O2. The Hall–Kier alpha value is -0.610. The van der Waals surface area contributed by atoms with Crippen molar-refractivity contribution < 1.29 is 9.90 Å². The number of amides is 1. The van der Waals surface area contributed by atoms with E-state index in [4.69, 9.17) is 0 Å². The van der Waals surface area contributed by atoms with E-state index in [1.165, 1.54) is 6.42 Å². The van der Waals surface area contributed by atoms with Gasteiger partial charge in [-0.05, 0) is 44.6 Å². The van der Waals surface area contributed by atoms with Gasteiger partial charge in [-0.2, -0.15) is 0 Å². The molecule has 2 aliphatic rings. The largest absolute Gasteiger partial charge is 0.393 e. The summed E-state index contributed by atoms with van der Waals surface area (Å²) in [6.45, 7) is 3.01. The normalized spacial score (nSPS) is 38.7. The lowest BCUT2D eigenvalue weighted by Gasteiger charge is -2.33. The first-order chi connectivity index (χ1) is 8.16. The average Bonchev–Trinajstić information content (AvgIpc) is 2.35. The summed E-state index contributed by atoms with van der Waals surface area (Å²) in [7, 11) is 0. The van der Waals surface area contributed by atoms with Gasteiger partial charge in [0.25, 0.3) is 0 Å². The standard InChI is InChI=1S/C13H24N2O2/c1-9-8-10(5-6-12(9)16)15-13(17)11-4-2-3-7-14-11/h9-12,14,16H,2-8H2,1H3,(H,15,17)/t9-,10+,11?,12-/m1/s1. The topological polar surface area (TPSA) is 61.4 Å². The van der Waals surface area contributed by atoms with Crippen molar-refractivity contribution in [3.05, 3.63) is 0 Å². The minimum absolute atomic E-state index is 0.00547. The first-order valence-corrected chi connectivity index (χ1v) is 6.88. The second-order valence-corrected chi connectivity index (χ2v) is 5.57. The van der Waals surface area contributed by atoms with Crippen LogP contribution in [0.15, 0.2) is 0 Å². The first kappa shape index (κ1) is 12.8. The molecule has 3 N–H and O–H groups in total. The third-order valence-electron chi connectivity index (χ3n) is 4.10. The zero-order valence-electron chi connectivity index (χ0n) is 10.6. The number of hydrogen-bond acceptors (Lipinski definition) is 3. The fourth-order valence-corrected chi connectivity index (χ4v) is 2.89. The molecule has 4 heteroatoms. The summed E-state index contributed by atoms with van der Waals surface area (Å²) in [5, 5.41) is 16.0. The number of hydrogen-bond donors (Lipinski definition) is 3. The number of piperidine rings is 1. The molecule has 4 atom stereocenters. The number of aliphatic hydroxyl groups excluding tert-OH is 1. The van der Waals surface area contributed by atoms with Crippen LogP contribution in [0.3, 0.4) is 0 Å². The molecule has 0 aromatic heterocycles. The number of nitrogens with one attached hydrogen (secondary N) is 2. The first-order valence-electron chi connectivity index (χ1n) is 6.88. The maximum absolute atomic E-state index is 12.0. The van der Waals surface area contributed by atoms with Gasteiger partial charge in [-0.3, -0.25) is 4.79 Å². The van der Waals surface area contributed by atoms with Crippen molar-refractivity contribution in [3.8, 4) is 0 Å². The Morgan fingerprint density at radius 1 is 1.29 bits per heavy atom. The minimum Gasteiger partial charge on any atom is -0.393 e. The van der Waals surface area contributed by atoms with Crippen molar-refractivity contribution in [1.82, 2.24) is 10.6 Å². The Kier molecular flexibility index (Phi) is 4.40. The molecule has 2 rings (SSSR count). The molecule has 0 spiro atoms. The van der Waals surface area contributed by atoms with Crippen molar-refractivity contribution >= 4 is 5.91 Å². The van der Waals surface area contributed by atoms with E-state index in [0.717, 1.165) is 38.6 Å². The van der Waals surface area contributed by atoms with E-state index < -0.39 is 0 Å². The van der Waals surface area contributed by atoms with Crippen LogP contribution in [-0.2, 0) is 4.79 Å². The average molecular weight is 240 g/mol. The van der Waals surface area contributed by atoms with Crippen LogP contribution in [0.4, 0.5) is 0 Å². The third-order valence-corrected chi connectivity index (χ3v) is 4.10. The van der Waals surface area contributed by atoms with Gasteiger partial charge in [0.2, 0.25) is 5.91 Å². The highest BCUT2D eigenvalue weighted by atomic mass is 16.3. The molecule has 17 heavy (non-hydrogen) atoms. The lowest BCUT2D eigenvalue weighted by Crippen LogP contribution is -2.51. The van der Waals surface area contributed by atoms with E-state index in [0.29, 0.717) is 5.92 Å².